The highest BCUT2D eigenvalue weighted by molar-refractivity contribution is 5.36. The minimum atomic E-state index is 0.817. The number of fused-ring (bicyclic) bond motifs is 1. The van der Waals surface area contributed by atoms with Crippen molar-refractivity contribution in [3.63, 3.8) is 0 Å². The van der Waals surface area contributed by atoms with Gasteiger partial charge in [-0.1, -0.05) is 18.2 Å². The van der Waals surface area contributed by atoms with E-state index in [-0.39, 0.29) is 0 Å². The summed E-state index contributed by atoms with van der Waals surface area (Å²) in [6.07, 6.45) is 6.62. The summed E-state index contributed by atoms with van der Waals surface area (Å²) in [7, 11) is 0. The second-order valence-corrected chi connectivity index (χ2v) is 4.91. The van der Waals surface area contributed by atoms with Crippen LogP contribution in [-0.4, -0.2) is 13.1 Å². The van der Waals surface area contributed by atoms with E-state index in [9.17, 15) is 0 Å². The molecular weight excluding hydrogens is 182 g/mol. The molecule has 0 amide bonds. The fourth-order valence-corrected chi connectivity index (χ4v) is 3.00. The monoisotopic (exact) mass is 201 g/mol. The van der Waals surface area contributed by atoms with E-state index in [1.807, 2.05) is 0 Å². The summed E-state index contributed by atoms with van der Waals surface area (Å²) in [5.74, 6) is 0.817. The van der Waals surface area contributed by atoms with Gasteiger partial charge in [-0.25, -0.2) is 0 Å². The Kier molecular flexibility index (Phi) is 2.49. The van der Waals surface area contributed by atoms with Crippen LogP contribution in [0, 0.1) is 0 Å². The Hall–Kier alpha value is -0.820. The highest BCUT2D eigenvalue weighted by atomic mass is 14.9. The van der Waals surface area contributed by atoms with Crippen LogP contribution < -0.4 is 5.32 Å². The zero-order chi connectivity index (χ0) is 10.1. The van der Waals surface area contributed by atoms with Crippen LogP contribution in [0.15, 0.2) is 18.2 Å². The minimum absolute atomic E-state index is 0.817. The molecule has 1 saturated heterocycles. The first-order valence-corrected chi connectivity index (χ1v) is 6.26. The summed E-state index contributed by atoms with van der Waals surface area (Å²) in [6, 6.07) is 7.23. The van der Waals surface area contributed by atoms with Crippen molar-refractivity contribution in [3.8, 4) is 0 Å². The molecular formula is C14H19N. The molecule has 3 rings (SSSR count). The molecule has 1 aromatic rings. The van der Waals surface area contributed by atoms with E-state index in [4.69, 9.17) is 0 Å². The van der Waals surface area contributed by atoms with Crippen LogP contribution in [0.3, 0.4) is 0 Å². The SMILES string of the molecule is c1cc2c(cc1C1CCNCC1)CCC2. The second kappa shape index (κ2) is 3.97. The van der Waals surface area contributed by atoms with Crippen molar-refractivity contribution < 1.29 is 0 Å². The molecule has 0 unspecified atom stereocenters. The molecule has 1 aromatic carbocycles. The van der Waals surface area contributed by atoms with Crippen molar-refractivity contribution in [1.29, 1.82) is 0 Å². The molecule has 0 radical (unpaired) electrons. The standard InChI is InChI=1S/C14H19N/c1-2-11-4-5-14(10-13(11)3-1)12-6-8-15-9-7-12/h4-5,10,12,15H,1-3,6-9H2. The van der Waals surface area contributed by atoms with E-state index in [0.717, 1.165) is 5.92 Å². The summed E-state index contributed by atoms with van der Waals surface area (Å²) >= 11 is 0. The lowest BCUT2D eigenvalue weighted by Crippen LogP contribution is -2.26. The topological polar surface area (TPSA) is 12.0 Å². The van der Waals surface area contributed by atoms with Crippen molar-refractivity contribution in [2.24, 2.45) is 0 Å². The Labute approximate surface area is 91.9 Å². The summed E-state index contributed by atoms with van der Waals surface area (Å²) in [5.41, 5.74) is 4.83. The molecule has 0 bridgehead atoms. The second-order valence-electron chi connectivity index (χ2n) is 4.91. The van der Waals surface area contributed by atoms with Crippen LogP contribution in [0.2, 0.25) is 0 Å². The van der Waals surface area contributed by atoms with E-state index in [1.165, 1.54) is 45.2 Å². The maximum absolute atomic E-state index is 3.44. The van der Waals surface area contributed by atoms with Crippen LogP contribution >= 0.6 is 0 Å². The summed E-state index contributed by atoms with van der Waals surface area (Å²) in [6.45, 7) is 2.39. The molecule has 0 atom stereocenters. The predicted octanol–water partition coefficient (Wildman–Crippen LogP) is 2.64. The zero-order valence-electron chi connectivity index (χ0n) is 9.26. The van der Waals surface area contributed by atoms with Gasteiger partial charge in [0.25, 0.3) is 0 Å². The lowest BCUT2D eigenvalue weighted by Gasteiger charge is -2.23. The summed E-state index contributed by atoms with van der Waals surface area (Å²) < 4.78 is 0. The van der Waals surface area contributed by atoms with E-state index in [2.05, 4.69) is 23.5 Å². The smallest absolute Gasteiger partial charge is 0.00431 e. The normalized spacial score (nSPS) is 21.6. The van der Waals surface area contributed by atoms with Gasteiger partial charge in [0.15, 0.2) is 0 Å². The van der Waals surface area contributed by atoms with Gasteiger partial charge in [0, 0.05) is 0 Å². The number of hydrogen-bond donors (Lipinski definition) is 1. The van der Waals surface area contributed by atoms with E-state index in [1.54, 1.807) is 16.7 Å². The average Bonchev–Trinajstić information content (AvgIpc) is 2.77. The van der Waals surface area contributed by atoms with Gasteiger partial charge in [0.05, 0.1) is 0 Å². The average molecular weight is 201 g/mol. The van der Waals surface area contributed by atoms with Gasteiger partial charge in [-0.15, -0.1) is 0 Å². The number of rotatable bonds is 1. The third-order valence-corrected chi connectivity index (χ3v) is 3.93. The first kappa shape index (κ1) is 9.41. The molecule has 1 aliphatic carbocycles. The van der Waals surface area contributed by atoms with Gasteiger partial charge in [0.1, 0.15) is 0 Å². The van der Waals surface area contributed by atoms with Crippen molar-refractivity contribution in [3.05, 3.63) is 34.9 Å². The van der Waals surface area contributed by atoms with Crippen LogP contribution in [0.1, 0.15) is 41.9 Å². The number of nitrogens with one attached hydrogen (secondary N) is 1. The Bertz CT molecular complexity index is 350. The molecule has 1 N–H and O–H groups in total. The number of piperidine rings is 1. The first-order valence-electron chi connectivity index (χ1n) is 6.26. The van der Waals surface area contributed by atoms with E-state index >= 15 is 0 Å². The van der Waals surface area contributed by atoms with E-state index < -0.39 is 0 Å². The molecule has 1 heteroatoms. The third kappa shape index (κ3) is 1.81. The van der Waals surface area contributed by atoms with Crippen molar-refractivity contribution in [2.45, 2.75) is 38.0 Å². The first-order chi connectivity index (χ1) is 7.43. The maximum Gasteiger partial charge on any atom is -0.00431 e. The molecule has 0 saturated carbocycles. The van der Waals surface area contributed by atoms with E-state index in [0.29, 0.717) is 0 Å². The Morgan fingerprint density at radius 3 is 2.67 bits per heavy atom. The van der Waals surface area contributed by atoms with Gasteiger partial charge >= 0.3 is 0 Å². The predicted molar refractivity (Wildman–Crippen MR) is 63.3 cm³/mol. The fourth-order valence-electron chi connectivity index (χ4n) is 3.00. The number of aryl methyl sites for hydroxylation is 2. The largest absolute Gasteiger partial charge is 0.317 e. The van der Waals surface area contributed by atoms with Gasteiger partial charge in [-0.3, -0.25) is 0 Å². The molecule has 1 nitrogen and oxygen atoms in total. The highest BCUT2D eigenvalue weighted by Gasteiger charge is 2.17. The molecule has 2 aliphatic rings. The third-order valence-electron chi connectivity index (χ3n) is 3.93. The number of hydrogen-bond acceptors (Lipinski definition) is 1. The lowest BCUT2D eigenvalue weighted by molar-refractivity contribution is 0.460. The highest BCUT2D eigenvalue weighted by Crippen LogP contribution is 2.30. The van der Waals surface area contributed by atoms with Gasteiger partial charge in [-0.2, -0.15) is 0 Å². The van der Waals surface area contributed by atoms with Crippen LogP contribution in [0.5, 0.6) is 0 Å². The summed E-state index contributed by atoms with van der Waals surface area (Å²) in [4.78, 5) is 0. The molecule has 80 valence electrons. The van der Waals surface area contributed by atoms with Crippen molar-refractivity contribution in [2.75, 3.05) is 13.1 Å². The Morgan fingerprint density at radius 2 is 1.80 bits per heavy atom. The summed E-state index contributed by atoms with van der Waals surface area (Å²) in [5, 5.41) is 3.44. The molecule has 1 heterocycles. The van der Waals surface area contributed by atoms with Gasteiger partial charge < -0.3 is 5.32 Å². The fraction of sp³-hybridized carbons (Fsp3) is 0.571. The van der Waals surface area contributed by atoms with Gasteiger partial charge in [-0.05, 0) is 67.8 Å². The Balaban J connectivity index is 1.85. The van der Waals surface area contributed by atoms with Crippen LogP contribution in [0.25, 0.3) is 0 Å². The van der Waals surface area contributed by atoms with Crippen LogP contribution in [-0.2, 0) is 12.8 Å². The molecule has 1 fully saturated rings. The van der Waals surface area contributed by atoms with Gasteiger partial charge in [0.2, 0.25) is 0 Å². The van der Waals surface area contributed by atoms with Crippen LogP contribution in [0.4, 0.5) is 0 Å². The molecule has 15 heavy (non-hydrogen) atoms. The Morgan fingerprint density at radius 1 is 1.00 bits per heavy atom. The van der Waals surface area contributed by atoms with Crippen molar-refractivity contribution in [1.82, 2.24) is 5.32 Å². The number of benzene rings is 1. The molecule has 0 aromatic heterocycles. The minimum Gasteiger partial charge on any atom is -0.317 e. The molecule has 1 aliphatic heterocycles. The zero-order valence-corrected chi connectivity index (χ0v) is 9.26. The van der Waals surface area contributed by atoms with Crippen molar-refractivity contribution >= 4 is 0 Å². The quantitative estimate of drug-likeness (QED) is 0.736. The molecule has 0 spiro atoms. The maximum atomic E-state index is 3.44. The lowest BCUT2D eigenvalue weighted by atomic mass is 9.88.